The lowest BCUT2D eigenvalue weighted by molar-refractivity contribution is -0.105. The number of fused-ring (bicyclic) bond motifs is 1. The average molecular weight is 509 g/mol. The van der Waals surface area contributed by atoms with E-state index in [2.05, 4.69) is 47.3 Å². The van der Waals surface area contributed by atoms with Crippen molar-refractivity contribution in [2.45, 2.75) is 13.8 Å². The number of pyridine rings is 1. The smallest absolute Gasteiger partial charge is 0.248 e. The van der Waals surface area contributed by atoms with Crippen LogP contribution >= 0.6 is 0 Å². The molecule has 4 heterocycles. The predicted octanol–water partition coefficient (Wildman–Crippen LogP) is 4.19. The molecule has 192 valence electrons. The number of aromatic amines is 1. The van der Waals surface area contributed by atoms with Crippen molar-refractivity contribution in [1.29, 1.82) is 0 Å². The second-order valence-electron chi connectivity index (χ2n) is 8.63. The number of benzene rings is 1. The molecule has 0 bridgehead atoms. The molecule has 0 saturated carbocycles. The van der Waals surface area contributed by atoms with Crippen LogP contribution in [0.5, 0.6) is 11.6 Å². The van der Waals surface area contributed by atoms with Crippen molar-refractivity contribution in [3.8, 4) is 11.6 Å². The molecule has 1 aliphatic rings. The maximum atomic E-state index is 15.1. The predicted molar refractivity (Wildman–Crippen MR) is 137 cm³/mol. The third kappa shape index (κ3) is 5.00. The molecule has 5 rings (SSSR count). The van der Waals surface area contributed by atoms with Crippen LogP contribution in [-0.4, -0.2) is 64.0 Å². The second kappa shape index (κ2) is 10.3. The van der Waals surface area contributed by atoms with Crippen molar-refractivity contribution < 1.29 is 18.3 Å². The molecule has 3 aromatic heterocycles. The Labute approximate surface area is 211 Å². The number of piperazine rings is 1. The number of rotatable bonds is 8. The summed E-state index contributed by atoms with van der Waals surface area (Å²) < 4.78 is 35.2. The van der Waals surface area contributed by atoms with Gasteiger partial charge in [-0.05, 0) is 31.7 Å². The molecule has 10 nitrogen and oxygen atoms in total. The third-order valence-electron chi connectivity index (χ3n) is 6.30. The van der Waals surface area contributed by atoms with Crippen LogP contribution in [-0.2, 0) is 4.79 Å². The summed E-state index contributed by atoms with van der Waals surface area (Å²) in [6.45, 7) is 8.75. The molecule has 1 aromatic carbocycles. The van der Waals surface area contributed by atoms with E-state index in [9.17, 15) is 9.18 Å². The Bertz CT molecular complexity index is 1420. The number of amides is 1. The molecule has 4 aromatic rings. The fourth-order valence-electron chi connectivity index (χ4n) is 4.33. The number of likely N-dealkylation sites (N-methyl/N-ethyl adjacent to an activating group) is 1. The molecule has 1 amide bonds. The number of anilines is 4. The molecule has 3 N–H and O–H groups in total. The summed E-state index contributed by atoms with van der Waals surface area (Å²) in [6, 6.07) is 6.16. The number of aromatic nitrogens is 4. The number of hydrogen-bond acceptors (Lipinski definition) is 8. The van der Waals surface area contributed by atoms with E-state index in [1.54, 1.807) is 19.2 Å². The quantitative estimate of drug-likeness (QED) is 0.304. The van der Waals surface area contributed by atoms with E-state index in [0.29, 0.717) is 17.9 Å². The zero-order valence-corrected chi connectivity index (χ0v) is 20.4. The lowest BCUT2D eigenvalue weighted by Crippen LogP contribution is -2.46. The molecule has 1 aliphatic heterocycles. The van der Waals surface area contributed by atoms with Gasteiger partial charge in [-0.15, -0.1) is 0 Å². The van der Waals surface area contributed by atoms with Gasteiger partial charge >= 0.3 is 0 Å². The normalized spacial score (nSPS) is 14.1. The summed E-state index contributed by atoms with van der Waals surface area (Å²) in [4.78, 5) is 31.4. The molecule has 0 atom stereocenters. The second-order valence-corrected chi connectivity index (χ2v) is 8.63. The Kier molecular flexibility index (Phi) is 6.82. The van der Waals surface area contributed by atoms with Gasteiger partial charge < -0.3 is 30.2 Å². The summed E-state index contributed by atoms with van der Waals surface area (Å²) in [6.07, 6.45) is 3.36. The van der Waals surface area contributed by atoms with Crippen molar-refractivity contribution in [2.24, 2.45) is 0 Å². The van der Waals surface area contributed by atoms with Gasteiger partial charge in [0.05, 0.1) is 17.4 Å². The van der Waals surface area contributed by atoms with Crippen LogP contribution in [0.4, 0.5) is 31.8 Å². The van der Waals surface area contributed by atoms with Gasteiger partial charge in [0.25, 0.3) is 0 Å². The van der Waals surface area contributed by atoms with Crippen LogP contribution in [0.2, 0.25) is 0 Å². The third-order valence-corrected chi connectivity index (χ3v) is 6.30. The highest BCUT2D eigenvalue weighted by molar-refractivity contribution is 5.85. The van der Waals surface area contributed by atoms with Gasteiger partial charge in [-0.25, -0.2) is 18.7 Å². The number of nitrogens with zero attached hydrogens (tertiary/aromatic N) is 5. The minimum Gasteiger partial charge on any atom is -0.434 e. The number of halogens is 2. The summed E-state index contributed by atoms with van der Waals surface area (Å²) in [7, 11) is 0. The maximum Gasteiger partial charge on any atom is 0.248 e. The average Bonchev–Trinajstić information content (AvgIpc) is 3.32. The Balaban J connectivity index is 1.38. The lowest BCUT2D eigenvalue weighted by atomic mass is 10.2. The molecule has 0 spiro atoms. The van der Waals surface area contributed by atoms with Crippen molar-refractivity contribution in [1.82, 2.24) is 24.8 Å². The van der Waals surface area contributed by atoms with Crippen molar-refractivity contribution in [2.75, 3.05) is 48.3 Å². The summed E-state index contributed by atoms with van der Waals surface area (Å²) in [5.74, 6) is -1.35. The number of aryl methyl sites for hydroxylation is 1. The van der Waals surface area contributed by atoms with Crippen LogP contribution in [0.3, 0.4) is 0 Å². The molecule has 12 heteroatoms. The number of H-pyrrole nitrogens is 1. The number of carbonyl (C=O) groups excluding carboxylic acids is 1. The van der Waals surface area contributed by atoms with E-state index in [-0.39, 0.29) is 34.0 Å². The van der Waals surface area contributed by atoms with Crippen LogP contribution in [0.25, 0.3) is 10.9 Å². The summed E-state index contributed by atoms with van der Waals surface area (Å²) in [5.41, 5.74) is 1.69. The first-order chi connectivity index (χ1) is 18.0. The zero-order valence-electron chi connectivity index (χ0n) is 20.4. The van der Waals surface area contributed by atoms with E-state index in [1.165, 1.54) is 12.4 Å². The first-order valence-electron chi connectivity index (χ1n) is 11.9. The van der Waals surface area contributed by atoms with Crippen molar-refractivity contribution >= 4 is 40.3 Å². The van der Waals surface area contributed by atoms with Gasteiger partial charge in [-0.1, -0.05) is 6.92 Å². The van der Waals surface area contributed by atoms with Crippen LogP contribution in [0.15, 0.2) is 36.8 Å². The topological polar surface area (TPSA) is 111 Å². The van der Waals surface area contributed by atoms with Gasteiger partial charge in [0.1, 0.15) is 17.8 Å². The number of nitrogens with one attached hydrogen (secondary N) is 3. The molecule has 0 aliphatic carbocycles. The standard InChI is InChI=1S/C25H26F2N8O2/c1-3-34-6-8-35(9-7-34)16-4-5-20(28-12-16)33-24-23(31-14-36)25(30-13-29-24)37-19-11-18(26)22-17(21(19)27)10-15(2)32-22/h4-5,10-14,32H,3,6-9H2,1-2H3,(H,31,36)(H,28,29,30,33). The largest absolute Gasteiger partial charge is 0.434 e. The maximum absolute atomic E-state index is 15.1. The highest BCUT2D eigenvalue weighted by Gasteiger charge is 2.20. The van der Waals surface area contributed by atoms with E-state index >= 15 is 4.39 Å². The van der Waals surface area contributed by atoms with E-state index in [4.69, 9.17) is 4.74 Å². The summed E-state index contributed by atoms with van der Waals surface area (Å²) >= 11 is 0. The molecule has 1 fully saturated rings. The van der Waals surface area contributed by atoms with E-state index in [1.807, 2.05) is 6.07 Å². The Hall–Kier alpha value is -4.32. The molecule has 0 unspecified atom stereocenters. The highest BCUT2D eigenvalue weighted by Crippen LogP contribution is 2.37. The van der Waals surface area contributed by atoms with Gasteiger partial charge in [0.15, 0.2) is 23.2 Å². The highest BCUT2D eigenvalue weighted by atomic mass is 19.1. The number of hydrogen-bond donors (Lipinski definition) is 3. The Morgan fingerprint density at radius 1 is 1.14 bits per heavy atom. The number of ether oxygens (including phenoxy) is 1. The molecular weight excluding hydrogens is 482 g/mol. The van der Waals surface area contributed by atoms with Crippen molar-refractivity contribution in [3.05, 3.63) is 54.1 Å². The van der Waals surface area contributed by atoms with Gasteiger partial charge in [-0.2, -0.15) is 4.98 Å². The van der Waals surface area contributed by atoms with Gasteiger partial charge in [0, 0.05) is 43.3 Å². The minimum absolute atomic E-state index is 0.0420. The van der Waals surface area contributed by atoms with Crippen LogP contribution in [0, 0.1) is 18.6 Å². The van der Waals surface area contributed by atoms with E-state index in [0.717, 1.165) is 44.5 Å². The van der Waals surface area contributed by atoms with E-state index < -0.39 is 11.6 Å². The minimum atomic E-state index is -0.761. The fourth-order valence-corrected chi connectivity index (χ4v) is 4.33. The first kappa shape index (κ1) is 24.4. The fraction of sp³-hybridized carbons (Fsp3) is 0.280. The number of carbonyl (C=O) groups is 1. The van der Waals surface area contributed by atoms with Crippen LogP contribution < -0.4 is 20.3 Å². The van der Waals surface area contributed by atoms with Gasteiger partial charge in [0.2, 0.25) is 12.3 Å². The lowest BCUT2D eigenvalue weighted by Gasteiger charge is -2.35. The monoisotopic (exact) mass is 508 g/mol. The molecule has 37 heavy (non-hydrogen) atoms. The SMILES string of the molecule is CCN1CCN(c2ccc(Nc3ncnc(Oc4cc(F)c5[nH]c(C)cc5c4F)c3NC=O)nc2)CC1. The van der Waals surface area contributed by atoms with Gasteiger partial charge in [-0.3, -0.25) is 4.79 Å². The summed E-state index contributed by atoms with van der Waals surface area (Å²) in [5, 5.41) is 5.55. The van der Waals surface area contributed by atoms with Crippen molar-refractivity contribution in [3.63, 3.8) is 0 Å². The van der Waals surface area contributed by atoms with Crippen LogP contribution in [0.1, 0.15) is 12.6 Å². The molecular formula is C25H26F2N8O2. The zero-order chi connectivity index (χ0) is 25.9. The Morgan fingerprint density at radius 3 is 2.65 bits per heavy atom. The molecule has 1 saturated heterocycles. The Morgan fingerprint density at radius 2 is 1.95 bits per heavy atom. The molecule has 0 radical (unpaired) electrons. The first-order valence-corrected chi connectivity index (χ1v) is 11.9.